The van der Waals surface area contributed by atoms with Crippen molar-refractivity contribution >= 4 is 0 Å². The van der Waals surface area contributed by atoms with Crippen molar-refractivity contribution in [3.8, 4) is 28.4 Å². The largest absolute Gasteiger partial charge is 0.504 e. The highest BCUT2D eigenvalue weighted by atomic mass is 16.5. The molecule has 2 aromatic carbocycles. The molecule has 0 saturated carbocycles. The maximum absolute atomic E-state index is 12.0. The van der Waals surface area contributed by atoms with E-state index in [4.69, 9.17) is 4.74 Å². The first-order valence-corrected chi connectivity index (χ1v) is 6.52. The van der Waals surface area contributed by atoms with Crippen LogP contribution in [0.4, 0.5) is 0 Å². The minimum atomic E-state index is -0.308. The van der Waals surface area contributed by atoms with Crippen LogP contribution < -0.4 is 4.74 Å². The van der Waals surface area contributed by atoms with Crippen LogP contribution in [0.25, 0.3) is 11.1 Å². The van der Waals surface area contributed by atoms with E-state index in [0.29, 0.717) is 5.56 Å². The summed E-state index contributed by atoms with van der Waals surface area (Å²) in [6, 6.07) is 10.9. The molecule has 0 spiro atoms. The standard InChI is InChI=1S/C17H19O3/c1-17(2,3)14-9-12(10-15(18)16(14)19)11-5-7-13(20-4)8-6-11/h5-10,18H,1-4H3. The molecule has 0 aliphatic rings. The van der Waals surface area contributed by atoms with Crippen LogP contribution in [0, 0.1) is 0 Å². The van der Waals surface area contributed by atoms with Gasteiger partial charge in [-0.15, -0.1) is 0 Å². The smallest absolute Gasteiger partial charge is 0.223 e. The van der Waals surface area contributed by atoms with Gasteiger partial charge in [0.1, 0.15) is 5.75 Å². The molecule has 105 valence electrons. The molecule has 0 saturated heterocycles. The summed E-state index contributed by atoms with van der Waals surface area (Å²) in [7, 11) is 1.62. The number of phenols is 1. The Morgan fingerprint density at radius 1 is 1.00 bits per heavy atom. The second-order valence-corrected chi connectivity index (χ2v) is 5.85. The molecule has 1 N–H and O–H groups in total. The molecule has 1 radical (unpaired) electrons. The van der Waals surface area contributed by atoms with E-state index in [9.17, 15) is 10.2 Å². The lowest BCUT2D eigenvalue weighted by Gasteiger charge is -2.21. The normalized spacial score (nSPS) is 11.4. The van der Waals surface area contributed by atoms with Gasteiger partial charge in [0.15, 0.2) is 5.75 Å². The Hall–Kier alpha value is -2.16. The van der Waals surface area contributed by atoms with E-state index in [1.54, 1.807) is 7.11 Å². The van der Waals surface area contributed by atoms with E-state index in [0.717, 1.165) is 16.9 Å². The van der Waals surface area contributed by atoms with Crippen molar-refractivity contribution in [3.05, 3.63) is 42.0 Å². The highest BCUT2D eigenvalue weighted by Crippen LogP contribution is 2.41. The highest BCUT2D eigenvalue weighted by molar-refractivity contribution is 5.70. The summed E-state index contributed by atoms with van der Waals surface area (Å²) >= 11 is 0. The molecule has 20 heavy (non-hydrogen) atoms. The molecule has 0 amide bonds. The zero-order valence-corrected chi connectivity index (χ0v) is 12.2. The van der Waals surface area contributed by atoms with Gasteiger partial charge in [-0.05, 0) is 40.8 Å². The molecule has 3 nitrogen and oxygen atoms in total. The number of hydrogen-bond donors (Lipinski definition) is 1. The van der Waals surface area contributed by atoms with Gasteiger partial charge in [-0.3, -0.25) is 5.11 Å². The maximum atomic E-state index is 12.0. The van der Waals surface area contributed by atoms with Crippen molar-refractivity contribution in [1.29, 1.82) is 0 Å². The number of aromatic hydroxyl groups is 1. The molecule has 0 aromatic heterocycles. The van der Waals surface area contributed by atoms with E-state index >= 15 is 0 Å². The first-order valence-electron chi connectivity index (χ1n) is 6.52. The van der Waals surface area contributed by atoms with Gasteiger partial charge >= 0.3 is 0 Å². The summed E-state index contributed by atoms with van der Waals surface area (Å²) in [6.07, 6.45) is 0. The monoisotopic (exact) mass is 271 g/mol. The molecular formula is C17H19O3. The van der Waals surface area contributed by atoms with Gasteiger partial charge < -0.3 is 9.84 Å². The third-order valence-electron chi connectivity index (χ3n) is 3.30. The van der Waals surface area contributed by atoms with Crippen LogP contribution in [-0.2, 0) is 10.5 Å². The Morgan fingerprint density at radius 2 is 1.60 bits per heavy atom. The van der Waals surface area contributed by atoms with Gasteiger partial charge in [0, 0.05) is 5.56 Å². The van der Waals surface area contributed by atoms with Crippen LogP contribution in [0.5, 0.6) is 17.2 Å². The lowest BCUT2D eigenvalue weighted by molar-refractivity contribution is 0.313. The summed E-state index contributed by atoms with van der Waals surface area (Å²) in [4.78, 5) is 0. The van der Waals surface area contributed by atoms with E-state index < -0.39 is 0 Å². The molecule has 0 atom stereocenters. The van der Waals surface area contributed by atoms with Crippen molar-refractivity contribution in [3.63, 3.8) is 0 Å². The molecule has 0 bridgehead atoms. The third kappa shape index (κ3) is 2.72. The predicted octanol–water partition coefficient (Wildman–Crippen LogP) is 4.51. The van der Waals surface area contributed by atoms with E-state index in [1.807, 2.05) is 51.1 Å². The Bertz CT molecular complexity index is 607. The zero-order valence-electron chi connectivity index (χ0n) is 12.2. The number of benzene rings is 2. The van der Waals surface area contributed by atoms with Crippen molar-refractivity contribution in [1.82, 2.24) is 0 Å². The van der Waals surface area contributed by atoms with Crippen LogP contribution in [-0.4, -0.2) is 12.2 Å². The molecule has 0 aliphatic heterocycles. The molecule has 0 unspecified atom stereocenters. The summed E-state index contributed by atoms with van der Waals surface area (Å²) in [6.45, 7) is 5.88. The third-order valence-corrected chi connectivity index (χ3v) is 3.30. The summed E-state index contributed by atoms with van der Waals surface area (Å²) < 4.78 is 5.13. The second kappa shape index (κ2) is 5.08. The predicted molar refractivity (Wildman–Crippen MR) is 78.9 cm³/mol. The topological polar surface area (TPSA) is 49.4 Å². The lowest BCUT2D eigenvalue weighted by atomic mass is 9.84. The second-order valence-electron chi connectivity index (χ2n) is 5.85. The SMILES string of the molecule is COc1ccc(-c2cc(O)c([O])c(C(C)(C)C)c2)cc1. The number of hydrogen-bond acceptors (Lipinski definition) is 2. The van der Waals surface area contributed by atoms with Gasteiger partial charge in [0.2, 0.25) is 5.75 Å². The fourth-order valence-corrected chi connectivity index (χ4v) is 2.12. The minimum absolute atomic E-state index is 0.205. The Morgan fingerprint density at radius 3 is 2.10 bits per heavy atom. The Labute approximate surface area is 119 Å². The highest BCUT2D eigenvalue weighted by Gasteiger charge is 2.23. The van der Waals surface area contributed by atoms with Gasteiger partial charge in [0.05, 0.1) is 7.11 Å². The molecule has 0 fully saturated rings. The van der Waals surface area contributed by atoms with Crippen molar-refractivity contribution < 1.29 is 14.9 Å². The van der Waals surface area contributed by atoms with E-state index in [-0.39, 0.29) is 16.9 Å². The minimum Gasteiger partial charge on any atom is -0.504 e. The molecule has 2 aromatic rings. The molecule has 3 heteroatoms. The molecule has 0 aliphatic carbocycles. The van der Waals surface area contributed by atoms with Crippen LogP contribution >= 0.6 is 0 Å². The fraction of sp³-hybridized carbons (Fsp3) is 0.294. The number of ether oxygens (including phenoxy) is 1. The zero-order chi connectivity index (χ0) is 14.9. The first kappa shape index (κ1) is 14.3. The van der Waals surface area contributed by atoms with Gasteiger partial charge in [-0.25, -0.2) is 0 Å². The van der Waals surface area contributed by atoms with Crippen LogP contribution in [0.1, 0.15) is 26.3 Å². The van der Waals surface area contributed by atoms with Crippen molar-refractivity contribution in [2.24, 2.45) is 0 Å². The average Bonchev–Trinajstić information content (AvgIpc) is 2.40. The Balaban J connectivity index is 2.54. The lowest BCUT2D eigenvalue weighted by Crippen LogP contribution is -2.11. The molecule has 0 heterocycles. The first-order chi connectivity index (χ1) is 9.32. The molecular weight excluding hydrogens is 252 g/mol. The van der Waals surface area contributed by atoms with E-state index in [2.05, 4.69) is 0 Å². The molecule has 2 rings (SSSR count). The Kier molecular flexibility index (Phi) is 3.62. The van der Waals surface area contributed by atoms with Crippen LogP contribution in [0.2, 0.25) is 0 Å². The average molecular weight is 271 g/mol. The summed E-state index contributed by atoms with van der Waals surface area (Å²) in [5, 5.41) is 21.9. The van der Waals surface area contributed by atoms with Gasteiger partial charge in [0.25, 0.3) is 0 Å². The van der Waals surface area contributed by atoms with Gasteiger partial charge in [-0.1, -0.05) is 32.9 Å². The number of methoxy groups -OCH3 is 1. The summed E-state index contributed by atoms with van der Waals surface area (Å²) in [5.41, 5.74) is 2.07. The van der Waals surface area contributed by atoms with E-state index in [1.165, 1.54) is 6.07 Å². The quantitative estimate of drug-likeness (QED) is 0.873. The number of phenolic OH excluding ortho intramolecular Hbond substituents is 1. The van der Waals surface area contributed by atoms with Gasteiger partial charge in [-0.2, -0.15) is 0 Å². The van der Waals surface area contributed by atoms with Crippen LogP contribution in [0.3, 0.4) is 0 Å². The van der Waals surface area contributed by atoms with Crippen molar-refractivity contribution in [2.75, 3.05) is 7.11 Å². The van der Waals surface area contributed by atoms with Crippen LogP contribution in [0.15, 0.2) is 36.4 Å². The fourth-order valence-electron chi connectivity index (χ4n) is 2.12. The maximum Gasteiger partial charge on any atom is 0.223 e. The van der Waals surface area contributed by atoms with Crippen molar-refractivity contribution in [2.45, 2.75) is 26.2 Å². The summed E-state index contributed by atoms with van der Waals surface area (Å²) in [5.74, 6) is 0.271. The number of rotatable bonds is 2.